The molecule has 1 aromatic carbocycles. The van der Waals surface area contributed by atoms with E-state index in [9.17, 15) is 0 Å². The molecule has 4 heteroatoms. The van der Waals surface area contributed by atoms with Crippen molar-refractivity contribution < 1.29 is 5.11 Å². The summed E-state index contributed by atoms with van der Waals surface area (Å²) < 4.78 is 0. The number of H-pyrrole nitrogens is 1. The van der Waals surface area contributed by atoms with E-state index in [-0.39, 0.29) is 6.61 Å². The Hall–Kier alpha value is -1.55. The fourth-order valence-corrected chi connectivity index (χ4v) is 2.26. The molecule has 2 heterocycles. The van der Waals surface area contributed by atoms with Crippen LogP contribution in [0.15, 0.2) is 24.3 Å². The second kappa shape index (κ2) is 3.79. The van der Waals surface area contributed by atoms with Gasteiger partial charge in [-0.3, -0.25) is 0 Å². The smallest absolute Gasteiger partial charge is 0.203 e. The van der Waals surface area contributed by atoms with Crippen LogP contribution in [0.5, 0.6) is 0 Å². The molecule has 1 aliphatic rings. The highest BCUT2D eigenvalue weighted by molar-refractivity contribution is 5.77. The molecule has 0 spiro atoms. The number of rotatable bonds is 2. The second-order valence-electron chi connectivity index (χ2n) is 4.36. The first-order valence-corrected chi connectivity index (χ1v) is 5.67. The summed E-state index contributed by atoms with van der Waals surface area (Å²) in [7, 11) is 0. The largest absolute Gasteiger partial charge is 0.396 e. The lowest BCUT2D eigenvalue weighted by Crippen LogP contribution is -2.21. The van der Waals surface area contributed by atoms with Gasteiger partial charge in [-0.1, -0.05) is 12.1 Å². The number of para-hydroxylation sites is 2. The average molecular weight is 217 g/mol. The summed E-state index contributed by atoms with van der Waals surface area (Å²) in [5.74, 6) is 1.32. The molecule has 0 unspecified atom stereocenters. The van der Waals surface area contributed by atoms with Gasteiger partial charge in [0, 0.05) is 25.6 Å². The lowest BCUT2D eigenvalue weighted by molar-refractivity contribution is 0.238. The Kier molecular flexibility index (Phi) is 2.29. The Morgan fingerprint density at radius 3 is 3.06 bits per heavy atom. The van der Waals surface area contributed by atoms with Gasteiger partial charge in [0.15, 0.2) is 0 Å². The number of aliphatic hydroxyl groups is 1. The topological polar surface area (TPSA) is 52.1 Å². The molecule has 2 aromatic rings. The van der Waals surface area contributed by atoms with Gasteiger partial charge in [0.05, 0.1) is 11.0 Å². The number of imidazole rings is 1. The van der Waals surface area contributed by atoms with E-state index >= 15 is 0 Å². The van der Waals surface area contributed by atoms with Crippen LogP contribution in [0.2, 0.25) is 0 Å². The van der Waals surface area contributed by atoms with Gasteiger partial charge in [-0.05, 0) is 18.6 Å². The molecular formula is C12H15N3O. The zero-order valence-electron chi connectivity index (χ0n) is 9.06. The van der Waals surface area contributed by atoms with Crippen LogP contribution < -0.4 is 4.90 Å². The molecule has 0 saturated carbocycles. The summed E-state index contributed by atoms with van der Waals surface area (Å²) in [4.78, 5) is 10.1. The maximum atomic E-state index is 9.11. The number of hydrogen-bond donors (Lipinski definition) is 2. The highest BCUT2D eigenvalue weighted by Gasteiger charge is 2.23. The van der Waals surface area contributed by atoms with Gasteiger partial charge in [0.1, 0.15) is 0 Å². The van der Waals surface area contributed by atoms with E-state index in [1.807, 2.05) is 24.3 Å². The number of benzene rings is 1. The molecule has 0 amide bonds. The number of aliphatic hydroxyl groups excluding tert-OH is 1. The zero-order chi connectivity index (χ0) is 11.0. The predicted octanol–water partition coefficient (Wildman–Crippen LogP) is 1.38. The van der Waals surface area contributed by atoms with Gasteiger partial charge >= 0.3 is 0 Å². The number of aromatic amines is 1. The van der Waals surface area contributed by atoms with Crippen molar-refractivity contribution in [1.82, 2.24) is 9.97 Å². The Bertz CT molecular complexity index is 461. The van der Waals surface area contributed by atoms with Crippen LogP contribution in [0, 0.1) is 5.92 Å². The molecule has 1 saturated heterocycles. The van der Waals surface area contributed by atoms with E-state index in [4.69, 9.17) is 5.11 Å². The molecule has 1 fully saturated rings. The summed E-state index contributed by atoms with van der Waals surface area (Å²) >= 11 is 0. The molecule has 2 N–H and O–H groups in total. The van der Waals surface area contributed by atoms with E-state index in [2.05, 4.69) is 14.9 Å². The fourth-order valence-electron chi connectivity index (χ4n) is 2.26. The maximum Gasteiger partial charge on any atom is 0.203 e. The van der Waals surface area contributed by atoms with Crippen molar-refractivity contribution in [3.05, 3.63) is 24.3 Å². The number of hydrogen-bond acceptors (Lipinski definition) is 3. The van der Waals surface area contributed by atoms with Gasteiger partial charge in [-0.25, -0.2) is 4.98 Å². The molecule has 16 heavy (non-hydrogen) atoms. The molecule has 3 rings (SSSR count). The van der Waals surface area contributed by atoms with Crippen molar-refractivity contribution in [3.63, 3.8) is 0 Å². The van der Waals surface area contributed by atoms with Crippen molar-refractivity contribution in [2.45, 2.75) is 6.42 Å². The van der Waals surface area contributed by atoms with Gasteiger partial charge in [0.2, 0.25) is 5.95 Å². The van der Waals surface area contributed by atoms with Crippen molar-refractivity contribution in [2.75, 3.05) is 24.6 Å². The molecule has 4 nitrogen and oxygen atoms in total. The van der Waals surface area contributed by atoms with Crippen LogP contribution in [0.3, 0.4) is 0 Å². The van der Waals surface area contributed by atoms with E-state index in [0.717, 1.165) is 36.5 Å². The molecule has 1 atom stereocenters. The number of nitrogens with zero attached hydrogens (tertiary/aromatic N) is 2. The highest BCUT2D eigenvalue weighted by Crippen LogP contribution is 2.23. The van der Waals surface area contributed by atoms with Crippen molar-refractivity contribution in [3.8, 4) is 0 Å². The summed E-state index contributed by atoms with van der Waals surface area (Å²) in [6.07, 6.45) is 1.05. The predicted molar refractivity (Wildman–Crippen MR) is 63.5 cm³/mol. The van der Waals surface area contributed by atoms with Crippen molar-refractivity contribution in [1.29, 1.82) is 0 Å². The number of anilines is 1. The van der Waals surface area contributed by atoms with E-state index in [1.165, 1.54) is 0 Å². The molecule has 84 valence electrons. The van der Waals surface area contributed by atoms with Crippen LogP contribution >= 0.6 is 0 Å². The minimum atomic E-state index is 0.275. The van der Waals surface area contributed by atoms with Gasteiger partial charge in [-0.2, -0.15) is 0 Å². The van der Waals surface area contributed by atoms with Gasteiger partial charge in [0.25, 0.3) is 0 Å². The summed E-state index contributed by atoms with van der Waals surface area (Å²) in [5.41, 5.74) is 2.08. The van der Waals surface area contributed by atoms with Crippen molar-refractivity contribution >= 4 is 17.0 Å². The fraction of sp³-hybridized carbons (Fsp3) is 0.417. The Morgan fingerprint density at radius 1 is 1.44 bits per heavy atom. The standard InChI is InChI=1S/C12H15N3O/c16-8-9-5-6-15(7-9)12-13-10-3-1-2-4-11(10)14-12/h1-4,9,16H,5-8H2,(H,13,14)/t9-/m1/s1. The number of nitrogens with one attached hydrogen (secondary N) is 1. The number of fused-ring (bicyclic) bond motifs is 1. The highest BCUT2D eigenvalue weighted by atomic mass is 16.3. The molecule has 1 aliphatic heterocycles. The quantitative estimate of drug-likeness (QED) is 0.799. The Labute approximate surface area is 93.9 Å². The average Bonchev–Trinajstić information content (AvgIpc) is 2.95. The first-order valence-electron chi connectivity index (χ1n) is 5.67. The monoisotopic (exact) mass is 217 g/mol. The zero-order valence-corrected chi connectivity index (χ0v) is 9.06. The van der Waals surface area contributed by atoms with Crippen molar-refractivity contribution in [2.24, 2.45) is 5.92 Å². The van der Waals surface area contributed by atoms with Crippen LogP contribution in [-0.4, -0.2) is 34.8 Å². The Balaban J connectivity index is 1.89. The third-order valence-corrected chi connectivity index (χ3v) is 3.22. The van der Waals surface area contributed by atoms with Crippen LogP contribution in [-0.2, 0) is 0 Å². The SMILES string of the molecule is OC[C@@H]1CCN(c2nc3ccccc3[nH]2)C1. The maximum absolute atomic E-state index is 9.11. The van der Waals surface area contributed by atoms with Crippen LogP contribution in [0.1, 0.15) is 6.42 Å². The second-order valence-corrected chi connectivity index (χ2v) is 4.36. The first-order chi connectivity index (χ1) is 7.86. The summed E-state index contributed by atoms with van der Waals surface area (Å²) in [6.45, 7) is 2.15. The summed E-state index contributed by atoms with van der Waals surface area (Å²) in [6, 6.07) is 8.04. The molecule has 0 radical (unpaired) electrons. The summed E-state index contributed by atoms with van der Waals surface area (Å²) in [5, 5.41) is 9.11. The lowest BCUT2D eigenvalue weighted by Gasteiger charge is -2.13. The van der Waals surface area contributed by atoms with Crippen LogP contribution in [0.25, 0.3) is 11.0 Å². The minimum absolute atomic E-state index is 0.275. The Morgan fingerprint density at radius 2 is 2.31 bits per heavy atom. The van der Waals surface area contributed by atoms with Gasteiger partial charge < -0.3 is 15.0 Å². The molecule has 0 bridgehead atoms. The number of aromatic nitrogens is 2. The molecule has 0 aliphatic carbocycles. The normalized spacial score (nSPS) is 20.8. The first kappa shape index (κ1) is 9.66. The third kappa shape index (κ3) is 1.55. The molecule has 1 aromatic heterocycles. The lowest BCUT2D eigenvalue weighted by atomic mass is 10.1. The minimum Gasteiger partial charge on any atom is -0.396 e. The van der Waals surface area contributed by atoms with Gasteiger partial charge in [-0.15, -0.1) is 0 Å². The van der Waals surface area contributed by atoms with E-state index in [1.54, 1.807) is 0 Å². The van der Waals surface area contributed by atoms with Crippen LogP contribution in [0.4, 0.5) is 5.95 Å². The third-order valence-electron chi connectivity index (χ3n) is 3.22. The molecular weight excluding hydrogens is 202 g/mol. The van der Waals surface area contributed by atoms with E-state index in [0.29, 0.717) is 5.92 Å². The van der Waals surface area contributed by atoms with E-state index < -0.39 is 0 Å².